The Balaban J connectivity index is 1.79. The van der Waals surface area contributed by atoms with Crippen molar-refractivity contribution in [3.05, 3.63) is 38.7 Å². The summed E-state index contributed by atoms with van der Waals surface area (Å²) in [7, 11) is 0. The van der Waals surface area contributed by atoms with Crippen molar-refractivity contribution < 1.29 is 9.53 Å². The number of rotatable bonds is 3. The minimum Gasteiger partial charge on any atom is -0.376 e. The highest BCUT2D eigenvalue weighted by molar-refractivity contribution is 8.26. The molecule has 1 aromatic carbocycles. The van der Waals surface area contributed by atoms with Crippen LogP contribution in [0.1, 0.15) is 18.4 Å². The molecule has 2 fully saturated rings. The van der Waals surface area contributed by atoms with Gasteiger partial charge in [0.25, 0.3) is 5.91 Å². The number of amides is 1. The van der Waals surface area contributed by atoms with Crippen molar-refractivity contribution in [3.8, 4) is 0 Å². The molecular weight excluding hydrogens is 361 g/mol. The van der Waals surface area contributed by atoms with Gasteiger partial charge in [0.15, 0.2) is 0 Å². The zero-order chi connectivity index (χ0) is 15.7. The molecule has 116 valence electrons. The number of carbonyl (C=O) groups excluding carboxylic acids is 1. The van der Waals surface area contributed by atoms with Crippen LogP contribution >= 0.6 is 47.2 Å². The molecule has 0 unspecified atom stereocenters. The fourth-order valence-electron chi connectivity index (χ4n) is 2.41. The number of halogens is 2. The van der Waals surface area contributed by atoms with E-state index in [4.69, 9.17) is 40.2 Å². The lowest BCUT2D eigenvalue weighted by Crippen LogP contribution is -2.35. The van der Waals surface area contributed by atoms with E-state index in [1.807, 2.05) is 0 Å². The Labute approximate surface area is 148 Å². The van der Waals surface area contributed by atoms with E-state index in [1.54, 1.807) is 29.2 Å². The molecule has 2 saturated heterocycles. The van der Waals surface area contributed by atoms with Crippen LogP contribution in [0.15, 0.2) is 23.1 Å². The summed E-state index contributed by atoms with van der Waals surface area (Å²) in [4.78, 5) is 14.7. The van der Waals surface area contributed by atoms with E-state index in [-0.39, 0.29) is 12.0 Å². The van der Waals surface area contributed by atoms with E-state index in [1.165, 1.54) is 11.8 Å². The van der Waals surface area contributed by atoms with Crippen LogP contribution in [0.3, 0.4) is 0 Å². The highest BCUT2D eigenvalue weighted by Crippen LogP contribution is 2.35. The first-order valence-electron chi connectivity index (χ1n) is 6.86. The molecule has 0 spiro atoms. The number of hydrogen-bond donors (Lipinski definition) is 0. The van der Waals surface area contributed by atoms with Gasteiger partial charge in [0.05, 0.1) is 17.6 Å². The van der Waals surface area contributed by atoms with Crippen LogP contribution in [0.2, 0.25) is 10.0 Å². The summed E-state index contributed by atoms with van der Waals surface area (Å²) >= 11 is 18.6. The Morgan fingerprint density at radius 2 is 2.27 bits per heavy atom. The van der Waals surface area contributed by atoms with Crippen molar-refractivity contribution in [2.24, 2.45) is 0 Å². The second kappa shape index (κ2) is 6.89. The van der Waals surface area contributed by atoms with Crippen molar-refractivity contribution >= 4 is 63.5 Å². The van der Waals surface area contributed by atoms with Crippen molar-refractivity contribution in [1.29, 1.82) is 0 Å². The van der Waals surface area contributed by atoms with Gasteiger partial charge in [-0.2, -0.15) is 0 Å². The molecule has 22 heavy (non-hydrogen) atoms. The lowest BCUT2D eigenvalue weighted by atomic mass is 10.2. The Bertz CT molecular complexity index is 657. The third-order valence-corrected chi connectivity index (χ3v) is 5.47. The predicted octanol–water partition coefficient (Wildman–Crippen LogP) is 4.37. The van der Waals surface area contributed by atoms with Crippen LogP contribution in [0, 0.1) is 0 Å². The second-order valence-corrected chi connectivity index (χ2v) is 7.61. The van der Waals surface area contributed by atoms with Crippen molar-refractivity contribution in [1.82, 2.24) is 4.90 Å². The first-order chi connectivity index (χ1) is 10.5. The zero-order valence-electron chi connectivity index (χ0n) is 11.6. The molecule has 1 amide bonds. The lowest BCUT2D eigenvalue weighted by Gasteiger charge is -2.18. The Kier molecular flexibility index (Phi) is 5.10. The number of ether oxygens (including phenoxy) is 1. The van der Waals surface area contributed by atoms with Crippen LogP contribution in [0.4, 0.5) is 0 Å². The van der Waals surface area contributed by atoms with Crippen LogP contribution in [0.5, 0.6) is 0 Å². The van der Waals surface area contributed by atoms with E-state index >= 15 is 0 Å². The first-order valence-corrected chi connectivity index (χ1v) is 8.84. The van der Waals surface area contributed by atoms with Gasteiger partial charge in [-0.05, 0) is 36.6 Å². The average Bonchev–Trinajstić information content (AvgIpc) is 3.06. The van der Waals surface area contributed by atoms with E-state index < -0.39 is 0 Å². The maximum absolute atomic E-state index is 12.5. The van der Waals surface area contributed by atoms with Crippen molar-refractivity contribution in [3.63, 3.8) is 0 Å². The van der Waals surface area contributed by atoms with Gasteiger partial charge in [-0.15, -0.1) is 0 Å². The summed E-state index contributed by atoms with van der Waals surface area (Å²) in [5, 5.41) is 1.07. The molecule has 2 aliphatic rings. The minimum atomic E-state index is -0.0866. The maximum atomic E-state index is 12.5. The molecule has 3 rings (SSSR count). The Morgan fingerprint density at radius 1 is 1.45 bits per heavy atom. The third-order valence-electron chi connectivity index (χ3n) is 3.53. The number of benzene rings is 1. The summed E-state index contributed by atoms with van der Waals surface area (Å²) in [6.45, 7) is 1.28. The van der Waals surface area contributed by atoms with Gasteiger partial charge in [-0.3, -0.25) is 9.69 Å². The van der Waals surface area contributed by atoms with Gasteiger partial charge in [0.1, 0.15) is 4.32 Å². The van der Waals surface area contributed by atoms with E-state index in [0.717, 1.165) is 25.0 Å². The van der Waals surface area contributed by atoms with Gasteiger partial charge >= 0.3 is 0 Å². The SMILES string of the molecule is O=C1/C(=C\c2ccc(Cl)cc2Cl)SC(=S)N1C[C@H]1CCCO1. The Hall–Kier alpha value is -0.590. The fourth-order valence-corrected chi connectivity index (χ4v) is 4.14. The van der Waals surface area contributed by atoms with Crippen LogP contribution in [-0.2, 0) is 9.53 Å². The lowest BCUT2D eigenvalue weighted by molar-refractivity contribution is -0.123. The van der Waals surface area contributed by atoms with Gasteiger partial charge in [0.2, 0.25) is 0 Å². The minimum absolute atomic E-state index is 0.0842. The van der Waals surface area contributed by atoms with Crippen molar-refractivity contribution in [2.75, 3.05) is 13.2 Å². The van der Waals surface area contributed by atoms with Gasteiger partial charge in [-0.1, -0.05) is 53.2 Å². The molecule has 0 saturated carbocycles. The summed E-state index contributed by atoms with van der Waals surface area (Å²) in [5.41, 5.74) is 0.753. The highest BCUT2D eigenvalue weighted by Gasteiger charge is 2.34. The molecule has 7 heteroatoms. The Morgan fingerprint density at radius 3 is 2.95 bits per heavy atom. The molecule has 2 aliphatic heterocycles. The molecule has 0 aromatic heterocycles. The largest absolute Gasteiger partial charge is 0.376 e. The summed E-state index contributed by atoms with van der Waals surface area (Å²) in [5.74, 6) is -0.0866. The molecular formula is C15H13Cl2NO2S2. The predicted molar refractivity (Wildman–Crippen MR) is 95.3 cm³/mol. The topological polar surface area (TPSA) is 29.5 Å². The quantitative estimate of drug-likeness (QED) is 0.580. The van der Waals surface area contributed by atoms with E-state index in [2.05, 4.69) is 0 Å². The molecule has 0 N–H and O–H groups in total. The molecule has 3 nitrogen and oxygen atoms in total. The van der Waals surface area contributed by atoms with E-state index in [9.17, 15) is 4.79 Å². The molecule has 0 aliphatic carbocycles. The summed E-state index contributed by atoms with van der Waals surface area (Å²) < 4.78 is 6.15. The molecule has 2 heterocycles. The monoisotopic (exact) mass is 373 g/mol. The van der Waals surface area contributed by atoms with E-state index in [0.29, 0.717) is 25.8 Å². The summed E-state index contributed by atoms with van der Waals surface area (Å²) in [6.07, 6.45) is 3.85. The molecule has 1 atom stereocenters. The third kappa shape index (κ3) is 3.49. The van der Waals surface area contributed by atoms with Gasteiger partial charge in [-0.25, -0.2) is 0 Å². The summed E-state index contributed by atoms with van der Waals surface area (Å²) in [6, 6.07) is 5.19. The van der Waals surface area contributed by atoms with Crippen molar-refractivity contribution in [2.45, 2.75) is 18.9 Å². The molecule has 1 aromatic rings. The maximum Gasteiger partial charge on any atom is 0.266 e. The first kappa shape index (κ1) is 16.3. The highest BCUT2D eigenvalue weighted by atomic mass is 35.5. The van der Waals surface area contributed by atoms with Gasteiger partial charge in [0, 0.05) is 16.7 Å². The van der Waals surface area contributed by atoms with Crippen LogP contribution in [-0.4, -0.2) is 34.4 Å². The fraction of sp³-hybridized carbons (Fsp3) is 0.333. The van der Waals surface area contributed by atoms with Crippen LogP contribution in [0.25, 0.3) is 6.08 Å². The number of hydrogen-bond acceptors (Lipinski definition) is 4. The normalized spacial score (nSPS) is 23.8. The average molecular weight is 374 g/mol. The number of nitrogens with zero attached hydrogens (tertiary/aromatic N) is 1. The van der Waals surface area contributed by atoms with Crippen LogP contribution < -0.4 is 0 Å². The number of thiocarbonyl (C=S) groups is 1. The number of carbonyl (C=O) groups is 1. The standard InChI is InChI=1S/C15H13Cl2NO2S2/c16-10-4-3-9(12(17)7-10)6-13-14(19)18(15(21)22-13)8-11-2-1-5-20-11/h3-4,6-7,11H,1-2,5,8H2/b13-6+/t11-/m1/s1. The zero-order valence-corrected chi connectivity index (χ0v) is 14.7. The molecule has 0 bridgehead atoms. The second-order valence-electron chi connectivity index (χ2n) is 5.09. The van der Waals surface area contributed by atoms with Gasteiger partial charge < -0.3 is 4.74 Å². The number of thioether (sulfide) groups is 1. The molecule has 0 radical (unpaired) electrons. The smallest absolute Gasteiger partial charge is 0.266 e.